The monoisotopic (exact) mass is 242 g/mol. The first-order valence-electron chi connectivity index (χ1n) is 5.17. The van der Waals surface area contributed by atoms with Crippen LogP contribution in [0.1, 0.15) is 13.3 Å². The molecule has 0 aliphatic heterocycles. The third kappa shape index (κ3) is 4.39. The molecule has 0 saturated carbocycles. The lowest BCUT2D eigenvalue weighted by molar-refractivity contribution is 0.413. The number of benzene rings is 1. The summed E-state index contributed by atoms with van der Waals surface area (Å²) in [7, 11) is 1.70. The van der Waals surface area contributed by atoms with Crippen LogP contribution < -0.4 is 4.74 Å². The van der Waals surface area contributed by atoms with Crippen molar-refractivity contribution >= 4 is 24.4 Å². The van der Waals surface area contributed by atoms with Crippen LogP contribution >= 0.6 is 24.4 Å². The Morgan fingerprint density at radius 1 is 1.47 bits per heavy atom. The summed E-state index contributed by atoms with van der Waals surface area (Å²) >= 11 is 6.22. The van der Waals surface area contributed by atoms with Gasteiger partial charge in [-0.1, -0.05) is 19.4 Å². The third-order valence-electron chi connectivity index (χ3n) is 2.36. The molecule has 1 aromatic rings. The molecule has 0 heterocycles. The van der Waals surface area contributed by atoms with E-state index < -0.39 is 0 Å². The smallest absolute Gasteiger partial charge is 0.119 e. The summed E-state index contributed by atoms with van der Waals surface area (Å²) in [6, 6.07) is 8.21. The molecule has 1 unspecified atom stereocenters. The zero-order valence-electron chi connectivity index (χ0n) is 9.27. The highest BCUT2D eigenvalue weighted by Crippen LogP contribution is 2.25. The van der Waals surface area contributed by atoms with E-state index in [0.717, 1.165) is 17.3 Å². The zero-order chi connectivity index (χ0) is 11.1. The van der Waals surface area contributed by atoms with E-state index in [4.69, 9.17) is 4.74 Å². The van der Waals surface area contributed by atoms with Crippen LogP contribution in [0.2, 0.25) is 0 Å². The number of rotatable bonds is 6. The third-order valence-corrected chi connectivity index (χ3v) is 4.10. The zero-order valence-corrected chi connectivity index (χ0v) is 11.0. The Balaban J connectivity index is 2.49. The highest BCUT2D eigenvalue weighted by Gasteiger charge is 2.05. The van der Waals surface area contributed by atoms with E-state index in [1.165, 1.54) is 11.3 Å². The molecule has 0 aliphatic rings. The van der Waals surface area contributed by atoms with Crippen LogP contribution in [0, 0.1) is 5.92 Å². The van der Waals surface area contributed by atoms with E-state index in [-0.39, 0.29) is 0 Å². The molecule has 1 aromatic carbocycles. The summed E-state index contributed by atoms with van der Waals surface area (Å²) in [6.45, 7) is 2.22. The lowest BCUT2D eigenvalue weighted by Gasteiger charge is -2.11. The molecule has 3 heteroatoms. The van der Waals surface area contributed by atoms with Crippen LogP contribution in [0.25, 0.3) is 0 Å². The van der Waals surface area contributed by atoms with Crippen molar-refractivity contribution in [3.05, 3.63) is 24.3 Å². The highest BCUT2D eigenvalue weighted by molar-refractivity contribution is 7.99. The van der Waals surface area contributed by atoms with E-state index in [1.54, 1.807) is 7.11 Å². The lowest BCUT2D eigenvalue weighted by atomic mass is 10.2. The van der Waals surface area contributed by atoms with Crippen molar-refractivity contribution < 1.29 is 4.74 Å². The van der Waals surface area contributed by atoms with Gasteiger partial charge in [0, 0.05) is 10.6 Å². The average molecular weight is 242 g/mol. The van der Waals surface area contributed by atoms with E-state index in [9.17, 15) is 0 Å². The van der Waals surface area contributed by atoms with E-state index in [0.29, 0.717) is 5.92 Å². The first kappa shape index (κ1) is 12.8. The minimum atomic E-state index is 0.699. The molecule has 15 heavy (non-hydrogen) atoms. The van der Waals surface area contributed by atoms with Gasteiger partial charge in [-0.25, -0.2) is 0 Å². The molecular weight excluding hydrogens is 224 g/mol. The fraction of sp³-hybridized carbons (Fsp3) is 0.500. The van der Waals surface area contributed by atoms with Gasteiger partial charge in [0.15, 0.2) is 0 Å². The van der Waals surface area contributed by atoms with Crippen molar-refractivity contribution in [2.45, 2.75) is 18.2 Å². The van der Waals surface area contributed by atoms with Gasteiger partial charge in [-0.15, -0.1) is 11.8 Å². The average Bonchev–Trinajstić information content (AvgIpc) is 2.31. The Bertz CT molecular complexity index is 285. The second-order valence-electron chi connectivity index (χ2n) is 3.45. The summed E-state index contributed by atoms with van der Waals surface area (Å²) in [5.41, 5.74) is 0. The standard InChI is InChI=1S/C12H18OS2/c1-3-10(8-14)9-15-12-6-4-5-11(7-12)13-2/h4-7,10,14H,3,8-9H2,1-2H3. The molecule has 1 nitrogen and oxygen atoms in total. The fourth-order valence-electron chi connectivity index (χ4n) is 1.20. The second kappa shape index (κ2) is 7.07. The number of thiol groups is 1. The molecule has 0 amide bonds. The molecule has 0 N–H and O–H groups in total. The Hall–Kier alpha value is -0.280. The molecule has 1 atom stereocenters. The largest absolute Gasteiger partial charge is 0.497 e. The van der Waals surface area contributed by atoms with Gasteiger partial charge in [0.1, 0.15) is 5.75 Å². The van der Waals surface area contributed by atoms with Gasteiger partial charge in [-0.3, -0.25) is 0 Å². The molecule has 0 fully saturated rings. The first-order chi connectivity index (χ1) is 7.30. The number of hydrogen-bond donors (Lipinski definition) is 1. The van der Waals surface area contributed by atoms with Crippen molar-refractivity contribution in [2.75, 3.05) is 18.6 Å². The SMILES string of the molecule is CCC(CS)CSc1cccc(OC)c1. The second-order valence-corrected chi connectivity index (χ2v) is 4.91. The van der Waals surface area contributed by atoms with Crippen molar-refractivity contribution in [3.8, 4) is 5.75 Å². The van der Waals surface area contributed by atoms with Crippen LogP contribution in [0.5, 0.6) is 5.75 Å². The Kier molecular flexibility index (Phi) is 6.03. The summed E-state index contributed by atoms with van der Waals surface area (Å²) in [4.78, 5) is 1.27. The minimum Gasteiger partial charge on any atom is -0.497 e. The number of thioether (sulfide) groups is 1. The van der Waals surface area contributed by atoms with Crippen molar-refractivity contribution in [1.82, 2.24) is 0 Å². The van der Waals surface area contributed by atoms with Crippen LogP contribution in [-0.2, 0) is 0 Å². The Labute approximate surface area is 102 Å². The van der Waals surface area contributed by atoms with Gasteiger partial charge in [0.25, 0.3) is 0 Å². The van der Waals surface area contributed by atoms with Gasteiger partial charge in [0.05, 0.1) is 7.11 Å². The molecule has 0 aromatic heterocycles. The molecule has 0 radical (unpaired) electrons. The van der Waals surface area contributed by atoms with Gasteiger partial charge < -0.3 is 4.74 Å². The maximum Gasteiger partial charge on any atom is 0.119 e. The maximum absolute atomic E-state index is 5.19. The van der Waals surface area contributed by atoms with Gasteiger partial charge in [-0.05, 0) is 29.9 Å². The fourth-order valence-corrected chi connectivity index (χ4v) is 2.92. The molecule has 0 bridgehead atoms. The van der Waals surface area contributed by atoms with Crippen molar-refractivity contribution in [1.29, 1.82) is 0 Å². The van der Waals surface area contributed by atoms with Gasteiger partial charge in [0.2, 0.25) is 0 Å². The van der Waals surface area contributed by atoms with E-state index in [2.05, 4.69) is 31.7 Å². The van der Waals surface area contributed by atoms with Crippen LogP contribution in [-0.4, -0.2) is 18.6 Å². The van der Waals surface area contributed by atoms with Crippen LogP contribution in [0.4, 0.5) is 0 Å². The van der Waals surface area contributed by atoms with Crippen LogP contribution in [0.15, 0.2) is 29.2 Å². The summed E-state index contributed by atoms with van der Waals surface area (Å²) < 4.78 is 5.19. The molecule has 0 spiro atoms. The lowest BCUT2D eigenvalue weighted by Crippen LogP contribution is -2.03. The minimum absolute atomic E-state index is 0.699. The number of methoxy groups -OCH3 is 1. The topological polar surface area (TPSA) is 9.23 Å². The van der Waals surface area contributed by atoms with Crippen LogP contribution in [0.3, 0.4) is 0 Å². The Morgan fingerprint density at radius 2 is 2.27 bits per heavy atom. The quantitative estimate of drug-likeness (QED) is 0.601. The normalized spacial score (nSPS) is 12.5. The maximum atomic E-state index is 5.19. The molecule has 1 rings (SSSR count). The van der Waals surface area contributed by atoms with Gasteiger partial charge in [-0.2, -0.15) is 12.6 Å². The van der Waals surface area contributed by atoms with Crippen molar-refractivity contribution in [3.63, 3.8) is 0 Å². The first-order valence-corrected chi connectivity index (χ1v) is 6.79. The number of hydrogen-bond acceptors (Lipinski definition) is 3. The van der Waals surface area contributed by atoms with E-state index in [1.807, 2.05) is 23.9 Å². The summed E-state index contributed by atoms with van der Waals surface area (Å²) in [5.74, 6) is 3.73. The molecular formula is C12H18OS2. The summed E-state index contributed by atoms with van der Waals surface area (Å²) in [6.07, 6.45) is 1.19. The predicted molar refractivity (Wildman–Crippen MR) is 71.4 cm³/mol. The van der Waals surface area contributed by atoms with Gasteiger partial charge >= 0.3 is 0 Å². The number of ether oxygens (including phenoxy) is 1. The predicted octanol–water partition coefficient (Wildman–Crippen LogP) is 3.74. The highest BCUT2D eigenvalue weighted by atomic mass is 32.2. The molecule has 84 valence electrons. The Morgan fingerprint density at radius 3 is 2.87 bits per heavy atom. The summed E-state index contributed by atoms with van der Waals surface area (Å²) in [5, 5.41) is 0. The molecule has 0 saturated heterocycles. The van der Waals surface area contributed by atoms with E-state index >= 15 is 0 Å². The molecule has 0 aliphatic carbocycles. The van der Waals surface area contributed by atoms with Crippen molar-refractivity contribution in [2.24, 2.45) is 5.92 Å².